The summed E-state index contributed by atoms with van der Waals surface area (Å²) in [5.74, 6) is 0.798. The van der Waals surface area contributed by atoms with Crippen LogP contribution in [0.3, 0.4) is 0 Å². The van der Waals surface area contributed by atoms with Crippen LogP contribution in [0.25, 0.3) is 0 Å². The van der Waals surface area contributed by atoms with Gasteiger partial charge in [0.1, 0.15) is 18.0 Å². The van der Waals surface area contributed by atoms with E-state index in [-0.39, 0.29) is 18.5 Å². The summed E-state index contributed by atoms with van der Waals surface area (Å²) in [6.45, 7) is 3.76. The van der Waals surface area contributed by atoms with Crippen molar-refractivity contribution >= 4 is 5.91 Å². The molecular formula is C14H18N2O3. The van der Waals surface area contributed by atoms with E-state index in [9.17, 15) is 4.79 Å². The summed E-state index contributed by atoms with van der Waals surface area (Å²) < 4.78 is 10.3. The van der Waals surface area contributed by atoms with Crippen LogP contribution in [-0.4, -0.2) is 37.6 Å². The second kappa shape index (κ2) is 6.64. The lowest BCUT2D eigenvalue weighted by Gasteiger charge is -2.24. The summed E-state index contributed by atoms with van der Waals surface area (Å²) in [6, 6.07) is 6.95. The molecule has 1 amide bonds. The molecule has 0 radical (unpaired) electrons. The first-order valence-corrected chi connectivity index (χ1v) is 5.95. The van der Waals surface area contributed by atoms with E-state index in [1.807, 2.05) is 19.9 Å². The fourth-order valence-corrected chi connectivity index (χ4v) is 1.70. The highest BCUT2D eigenvalue weighted by atomic mass is 16.5. The monoisotopic (exact) mass is 262 g/mol. The number of carbonyl (C=O) groups is 1. The average Bonchev–Trinajstić information content (AvgIpc) is 2.42. The summed E-state index contributed by atoms with van der Waals surface area (Å²) >= 11 is 0. The first kappa shape index (κ1) is 14.8. The van der Waals surface area contributed by atoms with E-state index in [4.69, 9.17) is 14.7 Å². The van der Waals surface area contributed by atoms with Crippen molar-refractivity contribution < 1.29 is 14.3 Å². The minimum atomic E-state index is -0.243. The molecule has 0 saturated heterocycles. The number of nitriles is 1. The van der Waals surface area contributed by atoms with Crippen molar-refractivity contribution in [3.8, 4) is 17.6 Å². The molecule has 0 aliphatic rings. The molecule has 0 N–H and O–H groups in total. The zero-order chi connectivity index (χ0) is 14.4. The quantitative estimate of drug-likeness (QED) is 0.762. The van der Waals surface area contributed by atoms with E-state index in [0.717, 1.165) is 0 Å². The number of rotatable bonds is 5. The molecule has 0 fully saturated rings. The van der Waals surface area contributed by atoms with Gasteiger partial charge < -0.3 is 14.4 Å². The van der Waals surface area contributed by atoms with Gasteiger partial charge in [0, 0.05) is 6.04 Å². The van der Waals surface area contributed by atoms with Gasteiger partial charge in [0.25, 0.3) is 5.91 Å². The molecular weight excluding hydrogens is 244 g/mol. The summed E-state index contributed by atoms with van der Waals surface area (Å²) in [6.07, 6.45) is 0. The smallest absolute Gasteiger partial charge is 0.258 e. The Balaban J connectivity index is 3.19. The van der Waals surface area contributed by atoms with Crippen LogP contribution in [0, 0.1) is 11.3 Å². The van der Waals surface area contributed by atoms with Crippen molar-refractivity contribution in [2.45, 2.75) is 19.9 Å². The highest BCUT2D eigenvalue weighted by Crippen LogP contribution is 2.25. The lowest BCUT2D eigenvalue weighted by atomic mass is 10.1. The van der Waals surface area contributed by atoms with Gasteiger partial charge in [-0.3, -0.25) is 4.79 Å². The van der Waals surface area contributed by atoms with Crippen LogP contribution in [0.2, 0.25) is 0 Å². The second-order valence-electron chi connectivity index (χ2n) is 4.25. The van der Waals surface area contributed by atoms with Gasteiger partial charge in [0.05, 0.1) is 25.9 Å². The number of amides is 1. The Morgan fingerprint density at radius 3 is 2.53 bits per heavy atom. The van der Waals surface area contributed by atoms with Crippen LogP contribution in [0.15, 0.2) is 18.2 Å². The number of carbonyl (C=O) groups excluding carboxylic acids is 1. The first-order valence-electron chi connectivity index (χ1n) is 5.95. The van der Waals surface area contributed by atoms with Crippen LogP contribution < -0.4 is 9.47 Å². The molecule has 0 atom stereocenters. The number of benzene rings is 1. The second-order valence-corrected chi connectivity index (χ2v) is 4.25. The molecule has 102 valence electrons. The van der Waals surface area contributed by atoms with Crippen LogP contribution in [0.5, 0.6) is 11.5 Å². The molecule has 0 aliphatic carbocycles. The van der Waals surface area contributed by atoms with Crippen molar-refractivity contribution in [2.24, 2.45) is 0 Å². The topological polar surface area (TPSA) is 62.6 Å². The van der Waals surface area contributed by atoms with Crippen molar-refractivity contribution in [1.29, 1.82) is 5.26 Å². The number of hydrogen-bond acceptors (Lipinski definition) is 4. The van der Waals surface area contributed by atoms with Gasteiger partial charge in [-0.25, -0.2) is 0 Å². The fourth-order valence-electron chi connectivity index (χ4n) is 1.70. The van der Waals surface area contributed by atoms with Crippen molar-refractivity contribution in [3.05, 3.63) is 23.8 Å². The lowest BCUT2D eigenvalue weighted by Crippen LogP contribution is -2.37. The standard InChI is InChI=1S/C14H18N2O3/c1-10(2)16(8-7-15)14(17)12-9-11(18-3)5-6-13(12)19-4/h5-6,9-10H,8H2,1-4H3. The molecule has 0 heterocycles. The Bertz CT molecular complexity index is 492. The predicted molar refractivity (Wildman–Crippen MR) is 71.3 cm³/mol. The molecule has 0 unspecified atom stereocenters. The Morgan fingerprint density at radius 2 is 2.05 bits per heavy atom. The third-order valence-electron chi connectivity index (χ3n) is 2.76. The van der Waals surface area contributed by atoms with E-state index >= 15 is 0 Å². The first-order chi connectivity index (χ1) is 9.04. The maximum atomic E-state index is 12.5. The van der Waals surface area contributed by atoms with Crippen molar-refractivity contribution in [2.75, 3.05) is 20.8 Å². The van der Waals surface area contributed by atoms with Crippen LogP contribution in [0.4, 0.5) is 0 Å². The molecule has 1 aromatic carbocycles. The highest BCUT2D eigenvalue weighted by Gasteiger charge is 2.22. The summed E-state index contributed by atoms with van der Waals surface area (Å²) in [7, 11) is 3.04. The van der Waals surface area contributed by atoms with Crippen LogP contribution >= 0.6 is 0 Å². The molecule has 1 aromatic rings. The Hall–Kier alpha value is -2.22. The Labute approximate surface area is 113 Å². The Morgan fingerprint density at radius 1 is 1.37 bits per heavy atom. The number of methoxy groups -OCH3 is 2. The van der Waals surface area contributed by atoms with E-state index in [0.29, 0.717) is 17.1 Å². The number of nitrogens with zero attached hydrogens (tertiary/aromatic N) is 2. The third-order valence-corrected chi connectivity index (χ3v) is 2.76. The van der Waals surface area contributed by atoms with Gasteiger partial charge in [-0.2, -0.15) is 5.26 Å². The fraction of sp³-hybridized carbons (Fsp3) is 0.429. The third kappa shape index (κ3) is 3.38. The van der Waals surface area contributed by atoms with E-state index in [2.05, 4.69) is 0 Å². The lowest BCUT2D eigenvalue weighted by molar-refractivity contribution is 0.0727. The molecule has 0 aromatic heterocycles. The van der Waals surface area contributed by atoms with Crippen molar-refractivity contribution in [3.63, 3.8) is 0 Å². The van der Waals surface area contributed by atoms with Gasteiger partial charge in [-0.1, -0.05) is 0 Å². The van der Waals surface area contributed by atoms with Crippen LogP contribution in [0.1, 0.15) is 24.2 Å². The van der Waals surface area contributed by atoms with E-state index in [1.165, 1.54) is 19.1 Å². The largest absolute Gasteiger partial charge is 0.497 e. The van der Waals surface area contributed by atoms with E-state index in [1.54, 1.807) is 18.2 Å². The maximum absolute atomic E-state index is 12.5. The highest BCUT2D eigenvalue weighted by molar-refractivity contribution is 5.97. The minimum Gasteiger partial charge on any atom is -0.497 e. The zero-order valence-electron chi connectivity index (χ0n) is 11.6. The molecule has 1 rings (SSSR count). The van der Waals surface area contributed by atoms with Gasteiger partial charge in [-0.05, 0) is 32.0 Å². The van der Waals surface area contributed by atoms with Gasteiger partial charge in [-0.15, -0.1) is 0 Å². The number of ether oxygens (including phenoxy) is 2. The predicted octanol–water partition coefficient (Wildman–Crippen LogP) is 2.08. The molecule has 0 bridgehead atoms. The summed E-state index contributed by atoms with van der Waals surface area (Å²) in [4.78, 5) is 13.9. The van der Waals surface area contributed by atoms with Crippen LogP contribution in [-0.2, 0) is 0 Å². The summed E-state index contributed by atoms with van der Waals surface area (Å²) in [5, 5.41) is 8.81. The maximum Gasteiger partial charge on any atom is 0.258 e. The SMILES string of the molecule is COc1ccc(OC)c(C(=O)N(CC#N)C(C)C)c1. The van der Waals surface area contributed by atoms with Crippen molar-refractivity contribution in [1.82, 2.24) is 4.90 Å². The Kier molecular flexibility index (Phi) is 5.19. The average molecular weight is 262 g/mol. The molecule has 5 nitrogen and oxygen atoms in total. The number of hydrogen-bond donors (Lipinski definition) is 0. The molecule has 5 heteroatoms. The van der Waals surface area contributed by atoms with Gasteiger partial charge >= 0.3 is 0 Å². The minimum absolute atomic E-state index is 0.0386. The molecule has 0 aliphatic heterocycles. The zero-order valence-corrected chi connectivity index (χ0v) is 11.6. The summed E-state index contributed by atoms with van der Waals surface area (Å²) in [5.41, 5.74) is 0.394. The molecule has 0 saturated carbocycles. The molecule has 0 spiro atoms. The molecule has 19 heavy (non-hydrogen) atoms. The van der Waals surface area contributed by atoms with E-state index < -0.39 is 0 Å². The van der Waals surface area contributed by atoms with Gasteiger partial charge in [0.2, 0.25) is 0 Å². The van der Waals surface area contributed by atoms with Gasteiger partial charge in [0.15, 0.2) is 0 Å². The normalized spacial score (nSPS) is 9.89.